The van der Waals surface area contributed by atoms with Gasteiger partial charge in [0.05, 0.1) is 24.8 Å². The Hall–Kier alpha value is -4.16. The zero-order chi connectivity index (χ0) is 24.2. The quantitative estimate of drug-likeness (QED) is 0.385. The maximum absolute atomic E-state index is 12.5. The van der Waals surface area contributed by atoms with Crippen molar-refractivity contribution >= 4 is 10.9 Å². The Kier molecular flexibility index (Phi) is 4.86. The number of imidazole rings is 1. The number of fused-ring (bicyclic) bond motifs is 6. The maximum Gasteiger partial charge on any atom is 0.249 e. The lowest BCUT2D eigenvalue weighted by atomic mass is 9.82. The molecule has 6 bridgehead atoms. The number of H-pyrrole nitrogens is 1. The van der Waals surface area contributed by atoms with Gasteiger partial charge in [-0.15, -0.1) is 0 Å². The number of benzene rings is 3. The molecule has 0 spiro atoms. The Balaban J connectivity index is 1.73. The Morgan fingerprint density at radius 1 is 1.06 bits per heavy atom. The van der Waals surface area contributed by atoms with Crippen LogP contribution in [0.5, 0.6) is 5.75 Å². The lowest BCUT2D eigenvalue weighted by Gasteiger charge is -2.31. The zero-order valence-corrected chi connectivity index (χ0v) is 19.6. The number of ether oxygens (including phenoxy) is 1. The van der Waals surface area contributed by atoms with E-state index in [9.17, 15) is 9.90 Å². The van der Waals surface area contributed by atoms with Gasteiger partial charge in [0, 0.05) is 30.4 Å². The second kappa shape index (κ2) is 7.96. The smallest absolute Gasteiger partial charge is 0.249 e. The fraction of sp³-hybridized carbons (Fsp3) is 0.172. The van der Waals surface area contributed by atoms with E-state index in [1.165, 1.54) is 0 Å². The Morgan fingerprint density at radius 3 is 2.71 bits per heavy atom. The lowest BCUT2D eigenvalue weighted by Crippen LogP contribution is -2.31. The molecule has 2 aromatic heterocycles. The Labute approximate surface area is 202 Å². The van der Waals surface area contributed by atoms with Crippen LogP contribution < -0.4 is 10.3 Å². The van der Waals surface area contributed by atoms with Crippen molar-refractivity contribution in [3.63, 3.8) is 0 Å². The van der Waals surface area contributed by atoms with E-state index in [2.05, 4.69) is 22.1 Å². The van der Waals surface area contributed by atoms with E-state index in [1.807, 2.05) is 67.1 Å². The number of hydrogen-bond donors (Lipinski definition) is 2. The first-order valence-corrected chi connectivity index (χ1v) is 11.6. The highest BCUT2D eigenvalue weighted by Crippen LogP contribution is 2.40. The highest BCUT2D eigenvalue weighted by Gasteiger charge is 2.37. The standard InChI is InChI=1S/C29H25N3O3/c1-18-6-7-22-14-26(18)35-11-10-19-4-3-5-20(12-19)23-15-28(33)31-25-9-8-21(13-24(23)25)29(22,34)27-16-30-17-32(27)2/h3-9,12-17,34H,10-11H2,1-2H3,(H,31,33). The van der Waals surface area contributed by atoms with Gasteiger partial charge in [0.25, 0.3) is 0 Å². The fourth-order valence-corrected chi connectivity index (χ4v) is 5.04. The van der Waals surface area contributed by atoms with Crippen molar-refractivity contribution in [2.45, 2.75) is 18.9 Å². The SMILES string of the molecule is Cc1ccc2cc1OCCc1cccc(c1)-c1cc(=O)[nH]c3ccc(cc13)C2(O)c1cncn1C. The summed E-state index contributed by atoms with van der Waals surface area (Å²) in [5.74, 6) is 0.738. The minimum Gasteiger partial charge on any atom is -0.493 e. The molecule has 1 atom stereocenters. The highest BCUT2D eigenvalue weighted by atomic mass is 16.5. The van der Waals surface area contributed by atoms with Crippen molar-refractivity contribution in [1.29, 1.82) is 0 Å². The number of nitrogens with one attached hydrogen (secondary N) is 1. The van der Waals surface area contributed by atoms with Gasteiger partial charge in [0.15, 0.2) is 5.60 Å². The molecule has 5 aromatic rings. The van der Waals surface area contributed by atoms with Crippen molar-refractivity contribution in [2.24, 2.45) is 7.05 Å². The van der Waals surface area contributed by atoms with Gasteiger partial charge in [-0.3, -0.25) is 4.79 Å². The number of aromatic amines is 1. The predicted octanol–water partition coefficient (Wildman–Crippen LogP) is 4.46. The summed E-state index contributed by atoms with van der Waals surface area (Å²) in [6.45, 7) is 2.50. The van der Waals surface area contributed by atoms with Crippen molar-refractivity contribution < 1.29 is 9.84 Å². The average Bonchev–Trinajstić information content (AvgIpc) is 3.30. The molecule has 6 nitrogen and oxygen atoms in total. The first kappa shape index (κ1) is 21.4. The molecule has 1 aliphatic rings. The van der Waals surface area contributed by atoms with Crippen LogP contribution in [0.4, 0.5) is 0 Å². The van der Waals surface area contributed by atoms with E-state index in [1.54, 1.807) is 18.6 Å². The first-order chi connectivity index (χ1) is 16.9. The van der Waals surface area contributed by atoms with E-state index < -0.39 is 5.60 Å². The predicted molar refractivity (Wildman–Crippen MR) is 136 cm³/mol. The van der Waals surface area contributed by atoms with Gasteiger partial charge in [0.2, 0.25) is 5.56 Å². The topological polar surface area (TPSA) is 80.1 Å². The molecule has 0 amide bonds. The van der Waals surface area contributed by atoms with E-state index in [0.29, 0.717) is 28.9 Å². The zero-order valence-electron chi connectivity index (χ0n) is 19.6. The summed E-state index contributed by atoms with van der Waals surface area (Å²) in [7, 11) is 1.87. The van der Waals surface area contributed by atoms with Crippen LogP contribution in [0.25, 0.3) is 22.0 Å². The van der Waals surface area contributed by atoms with Crippen LogP contribution in [-0.4, -0.2) is 26.2 Å². The van der Waals surface area contributed by atoms with Gasteiger partial charge < -0.3 is 19.4 Å². The summed E-state index contributed by atoms with van der Waals surface area (Å²) < 4.78 is 8.03. The summed E-state index contributed by atoms with van der Waals surface area (Å²) in [4.78, 5) is 19.8. The number of rotatable bonds is 1. The number of aryl methyl sites for hydroxylation is 2. The Morgan fingerprint density at radius 2 is 1.89 bits per heavy atom. The molecule has 1 aliphatic heterocycles. The third kappa shape index (κ3) is 3.45. The van der Waals surface area contributed by atoms with E-state index in [-0.39, 0.29) is 5.56 Å². The Bertz CT molecular complexity index is 1650. The van der Waals surface area contributed by atoms with E-state index >= 15 is 0 Å². The second-order valence-electron chi connectivity index (χ2n) is 9.19. The molecular formula is C29H25N3O3. The van der Waals surface area contributed by atoms with Crippen molar-refractivity contribution in [3.8, 4) is 16.9 Å². The fourth-order valence-electron chi connectivity index (χ4n) is 5.04. The monoisotopic (exact) mass is 463 g/mol. The number of aromatic nitrogens is 3. The molecule has 0 aliphatic carbocycles. The molecule has 1 unspecified atom stereocenters. The minimum atomic E-state index is -1.50. The van der Waals surface area contributed by atoms with Crippen LogP contribution in [-0.2, 0) is 19.1 Å². The number of pyridine rings is 1. The summed E-state index contributed by atoms with van der Waals surface area (Å²) in [5.41, 5.74) is 4.94. The van der Waals surface area contributed by atoms with Crippen LogP contribution in [0, 0.1) is 6.92 Å². The summed E-state index contributed by atoms with van der Waals surface area (Å²) >= 11 is 0. The molecule has 0 saturated carbocycles. The molecule has 2 N–H and O–H groups in total. The first-order valence-electron chi connectivity index (χ1n) is 11.6. The van der Waals surface area contributed by atoms with Crippen LogP contribution >= 0.6 is 0 Å². The molecule has 0 fully saturated rings. The molecule has 6 heteroatoms. The minimum absolute atomic E-state index is 0.167. The number of nitrogens with zero attached hydrogens (tertiary/aromatic N) is 2. The second-order valence-corrected chi connectivity index (χ2v) is 9.19. The average molecular weight is 464 g/mol. The molecule has 6 rings (SSSR count). The molecule has 174 valence electrons. The largest absolute Gasteiger partial charge is 0.493 e. The molecule has 35 heavy (non-hydrogen) atoms. The van der Waals surface area contributed by atoms with Gasteiger partial charge in [-0.1, -0.05) is 42.5 Å². The van der Waals surface area contributed by atoms with Gasteiger partial charge in [-0.2, -0.15) is 0 Å². The molecule has 3 heterocycles. The molecule has 0 saturated heterocycles. The van der Waals surface area contributed by atoms with Crippen molar-refractivity contribution in [1.82, 2.24) is 14.5 Å². The third-order valence-electron chi connectivity index (χ3n) is 6.94. The summed E-state index contributed by atoms with van der Waals surface area (Å²) in [5, 5.41) is 13.3. The number of hydrogen-bond acceptors (Lipinski definition) is 4. The van der Waals surface area contributed by atoms with Crippen LogP contribution in [0.1, 0.15) is 27.9 Å². The third-order valence-corrected chi connectivity index (χ3v) is 6.94. The van der Waals surface area contributed by atoms with Gasteiger partial charge in [-0.05, 0) is 58.5 Å². The lowest BCUT2D eigenvalue weighted by molar-refractivity contribution is 0.117. The van der Waals surface area contributed by atoms with Crippen LogP contribution in [0.2, 0.25) is 0 Å². The number of aliphatic hydroxyl groups is 1. The maximum atomic E-state index is 12.5. The van der Waals surface area contributed by atoms with Crippen molar-refractivity contribution in [2.75, 3.05) is 6.61 Å². The van der Waals surface area contributed by atoms with E-state index in [4.69, 9.17) is 4.74 Å². The van der Waals surface area contributed by atoms with Gasteiger partial charge in [-0.25, -0.2) is 4.98 Å². The van der Waals surface area contributed by atoms with E-state index in [0.717, 1.165) is 39.8 Å². The van der Waals surface area contributed by atoms with Crippen molar-refractivity contribution in [3.05, 3.63) is 118 Å². The summed E-state index contributed by atoms with van der Waals surface area (Å²) in [6.07, 6.45) is 4.08. The van der Waals surface area contributed by atoms with Crippen LogP contribution in [0.3, 0.4) is 0 Å². The molecule has 3 aromatic carbocycles. The van der Waals surface area contributed by atoms with Gasteiger partial charge >= 0.3 is 0 Å². The van der Waals surface area contributed by atoms with Crippen LogP contribution in [0.15, 0.2) is 84.0 Å². The normalized spacial score (nSPS) is 17.2. The summed E-state index contributed by atoms with van der Waals surface area (Å²) in [6, 6.07) is 21.3. The molecular weight excluding hydrogens is 438 g/mol. The van der Waals surface area contributed by atoms with Gasteiger partial charge in [0.1, 0.15) is 5.75 Å². The highest BCUT2D eigenvalue weighted by molar-refractivity contribution is 5.95. The molecule has 0 radical (unpaired) electrons.